The molecule has 0 fully saturated rings. The van der Waals surface area contributed by atoms with Gasteiger partial charge in [-0.15, -0.1) is 0 Å². The third kappa shape index (κ3) is 4.43. The van der Waals surface area contributed by atoms with Crippen molar-refractivity contribution >= 4 is 5.82 Å². The molecule has 0 unspecified atom stereocenters. The second-order valence-electron chi connectivity index (χ2n) is 4.69. The van der Waals surface area contributed by atoms with Crippen LogP contribution in [0.2, 0.25) is 0 Å². The first-order chi connectivity index (χ1) is 10.2. The van der Waals surface area contributed by atoms with Crippen molar-refractivity contribution < 1.29 is 9.84 Å². The molecule has 112 valence electrons. The summed E-state index contributed by atoms with van der Waals surface area (Å²) in [5.74, 6) is 2.77. The summed E-state index contributed by atoms with van der Waals surface area (Å²) in [7, 11) is 0. The van der Waals surface area contributed by atoms with E-state index in [9.17, 15) is 0 Å². The van der Waals surface area contributed by atoms with Crippen molar-refractivity contribution in [1.29, 1.82) is 0 Å². The summed E-state index contributed by atoms with van der Waals surface area (Å²) in [6.07, 6.45) is 1.80. The van der Waals surface area contributed by atoms with Gasteiger partial charge in [-0.2, -0.15) is 4.98 Å². The Kier molecular flexibility index (Phi) is 5.51. The Balaban J connectivity index is 2.20. The minimum atomic E-state index is 0.0268. The molecule has 0 atom stereocenters. The number of hydrogen-bond acceptors (Lipinski definition) is 5. The first-order valence-corrected chi connectivity index (χ1v) is 7.24. The summed E-state index contributed by atoms with van der Waals surface area (Å²) in [4.78, 5) is 8.87. The predicted octanol–water partition coefficient (Wildman–Crippen LogP) is 3.15. The van der Waals surface area contributed by atoms with Crippen molar-refractivity contribution in [2.45, 2.75) is 33.3 Å². The van der Waals surface area contributed by atoms with Gasteiger partial charge in [0.25, 0.3) is 0 Å². The molecule has 2 N–H and O–H groups in total. The first kappa shape index (κ1) is 15.3. The smallest absolute Gasteiger partial charge is 0.224 e. The fourth-order valence-electron chi connectivity index (χ4n) is 1.92. The van der Waals surface area contributed by atoms with Crippen LogP contribution in [0.15, 0.2) is 30.3 Å². The molecule has 5 nitrogen and oxygen atoms in total. The Labute approximate surface area is 125 Å². The first-order valence-electron chi connectivity index (χ1n) is 7.24. The Hall–Kier alpha value is -2.14. The second kappa shape index (κ2) is 7.59. The van der Waals surface area contributed by atoms with Crippen LogP contribution in [0.5, 0.6) is 11.6 Å². The van der Waals surface area contributed by atoms with E-state index in [1.165, 1.54) is 0 Å². The standard InChI is InChI=1S/C16H21N3O2/c1-3-5-14-18-15(17-4-2)10-16(19-14)21-13-8-6-12(11-20)7-9-13/h6-10,20H,3-5,11H2,1-2H3,(H,17,18,19). The highest BCUT2D eigenvalue weighted by molar-refractivity contribution is 5.40. The van der Waals surface area contributed by atoms with Gasteiger partial charge in [-0.1, -0.05) is 19.1 Å². The lowest BCUT2D eigenvalue weighted by Gasteiger charge is -2.10. The SMILES string of the molecule is CCCc1nc(NCC)cc(Oc2ccc(CO)cc2)n1. The van der Waals surface area contributed by atoms with Crippen LogP contribution in [-0.4, -0.2) is 21.6 Å². The van der Waals surface area contributed by atoms with E-state index in [0.717, 1.165) is 36.6 Å². The molecular weight excluding hydrogens is 266 g/mol. The minimum Gasteiger partial charge on any atom is -0.439 e. The Morgan fingerprint density at radius 2 is 1.90 bits per heavy atom. The highest BCUT2D eigenvalue weighted by Crippen LogP contribution is 2.22. The third-order valence-corrected chi connectivity index (χ3v) is 2.91. The quantitative estimate of drug-likeness (QED) is 0.819. The van der Waals surface area contributed by atoms with Crippen LogP contribution in [0.4, 0.5) is 5.82 Å². The molecule has 1 aromatic carbocycles. The third-order valence-electron chi connectivity index (χ3n) is 2.91. The van der Waals surface area contributed by atoms with Crippen molar-refractivity contribution in [3.05, 3.63) is 41.7 Å². The van der Waals surface area contributed by atoms with Gasteiger partial charge in [-0.25, -0.2) is 4.98 Å². The van der Waals surface area contributed by atoms with Crippen LogP contribution >= 0.6 is 0 Å². The maximum Gasteiger partial charge on any atom is 0.224 e. The van der Waals surface area contributed by atoms with Gasteiger partial charge < -0.3 is 15.2 Å². The number of aromatic nitrogens is 2. The molecule has 0 saturated carbocycles. The van der Waals surface area contributed by atoms with E-state index < -0.39 is 0 Å². The van der Waals surface area contributed by atoms with Crippen molar-refractivity contribution in [2.24, 2.45) is 0 Å². The van der Waals surface area contributed by atoms with E-state index in [0.29, 0.717) is 11.6 Å². The zero-order valence-electron chi connectivity index (χ0n) is 12.5. The normalized spacial score (nSPS) is 10.4. The Morgan fingerprint density at radius 1 is 1.14 bits per heavy atom. The van der Waals surface area contributed by atoms with Crippen molar-refractivity contribution in [2.75, 3.05) is 11.9 Å². The van der Waals surface area contributed by atoms with Gasteiger partial charge in [0.15, 0.2) is 0 Å². The number of anilines is 1. The second-order valence-corrected chi connectivity index (χ2v) is 4.69. The van der Waals surface area contributed by atoms with Crippen LogP contribution in [-0.2, 0) is 13.0 Å². The van der Waals surface area contributed by atoms with Gasteiger partial charge in [-0.05, 0) is 31.0 Å². The molecule has 0 aliphatic carbocycles. The molecule has 1 aromatic heterocycles. The zero-order chi connectivity index (χ0) is 15.1. The van der Waals surface area contributed by atoms with Gasteiger partial charge in [0, 0.05) is 19.0 Å². The molecule has 1 heterocycles. The summed E-state index contributed by atoms with van der Waals surface area (Å²) in [5.41, 5.74) is 0.852. The average Bonchev–Trinajstić information content (AvgIpc) is 2.48. The van der Waals surface area contributed by atoms with Crippen LogP contribution in [0, 0.1) is 0 Å². The molecule has 0 radical (unpaired) electrons. The molecule has 21 heavy (non-hydrogen) atoms. The van der Waals surface area contributed by atoms with Crippen molar-refractivity contribution in [1.82, 2.24) is 9.97 Å². The Morgan fingerprint density at radius 3 is 2.52 bits per heavy atom. The number of benzene rings is 1. The molecule has 0 bridgehead atoms. The Bertz CT molecular complexity index is 546. The molecule has 0 aliphatic rings. The molecule has 5 heteroatoms. The largest absolute Gasteiger partial charge is 0.439 e. The average molecular weight is 287 g/mol. The molecule has 2 aromatic rings. The van der Waals surface area contributed by atoms with E-state index in [1.54, 1.807) is 6.07 Å². The van der Waals surface area contributed by atoms with Crippen LogP contribution in [0.25, 0.3) is 0 Å². The van der Waals surface area contributed by atoms with E-state index in [2.05, 4.69) is 22.2 Å². The highest BCUT2D eigenvalue weighted by atomic mass is 16.5. The lowest BCUT2D eigenvalue weighted by Crippen LogP contribution is -2.04. The zero-order valence-corrected chi connectivity index (χ0v) is 12.5. The number of aliphatic hydroxyl groups excluding tert-OH is 1. The van der Waals surface area contributed by atoms with E-state index in [1.807, 2.05) is 31.2 Å². The van der Waals surface area contributed by atoms with Crippen molar-refractivity contribution in [3.8, 4) is 11.6 Å². The molecule has 0 amide bonds. The number of nitrogens with zero attached hydrogens (tertiary/aromatic N) is 2. The van der Waals surface area contributed by atoms with E-state index in [4.69, 9.17) is 9.84 Å². The lowest BCUT2D eigenvalue weighted by atomic mass is 10.2. The van der Waals surface area contributed by atoms with Gasteiger partial charge in [-0.3, -0.25) is 0 Å². The van der Waals surface area contributed by atoms with Crippen LogP contribution < -0.4 is 10.1 Å². The fraction of sp³-hybridized carbons (Fsp3) is 0.375. The molecule has 0 spiro atoms. The lowest BCUT2D eigenvalue weighted by molar-refractivity contribution is 0.281. The number of aryl methyl sites for hydroxylation is 1. The molecule has 0 aliphatic heterocycles. The summed E-state index contributed by atoms with van der Waals surface area (Å²) in [6.45, 7) is 4.94. The van der Waals surface area contributed by atoms with Gasteiger partial charge >= 0.3 is 0 Å². The topological polar surface area (TPSA) is 67.3 Å². The highest BCUT2D eigenvalue weighted by Gasteiger charge is 2.06. The summed E-state index contributed by atoms with van der Waals surface area (Å²) < 4.78 is 5.78. The van der Waals surface area contributed by atoms with Crippen molar-refractivity contribution in [3.63, 3.8) is 0 Å². The molecular formula is C16H21N3O2. The van der Waals surface area contributed by atoms with Crippen LogP contribution in [0.3, 0.4) is 0 Å². The van der Waals surface area contributed by atoms with Gasteiger partial charge in [0.2, 0.25) is 5.88 Å². The maximum atomic E-state index is 9.04. The fourth-order valence-corrected chi connectivity index (χ4v) is 1.92. The number of aliphatic hydroxyl groups is 1. The number of hydrogen-bond donors (Lipinski definition) is 2. The molecule has 2 rings (SSSR count). The van der Waals surface area contributed by atoms with E-state index in [-0.39, 0.29) is 6.61 Å². The minimum absolute atomic E-state index is 0.0268. The number of ether oxygens (including phenoxy) is 1. The maximum absolute atomic E-state index is 9.04. The van der Waals surface area contributed by atoms with Gasteiger partial charge in [0.05, 0.1) is 6.61 Å². The molecule has 0 saturated heterocycles. The summed E-state index contributed by atoms with van der Waals surface area (Å²) in [6, 6.07) is 9.09. The summed E-state index contributed by atoms with van der Waals surface area (Å²) >= 11 is 0. The predicted molar refractivity (Wildman–Crippen MR) is 82.6 cm³/mol. The van der Waals surface area contributed by atoms with Crippen LogP contribution in [0.1, 0.15) is 31.7 Å². The summed E-state index contributed by atoms with van der Waals surface area (Å²) in [5, 5.41) is 12.2. The van der Waals surface area contributed by atoms with Gasteiger partial charge in [0.1, 0.15) is 17.4 Å². The van der Waals surface area contributed by atoms with E-state index >= 15 is 0 Å². The monoisotopic (exact) mass is 287 g/mol. The number of nitrogens with one attached hydrogen (secondary N) is 1. The number of rotatable bonds is 7.